The standard InChI is InChI=1S/C19H25IN4O/c1-15-4-3-5-17(12-15)14-22-8-10-23(11-9-22)19(25)6-7-24-16(2)18(20)13-21-24/h3-5,12-13H,6-11,14H2,1-2H3. The number of carbonyl (C=O) groups excluding carboxylic acids is 1. The number of halogens is 1. The zero-order valence-corrected chi connectivity index (χ0v) is 17.1. The van der Waals surface area contributed by atoms with Crippen molar-refractivity contribution in [1.29, 1.82) is 0 Å². The van der Waals surface area contributed by atoms with Gasteiger partial charge in [-0.25, -0.2) is 0 Å². The van der Waals surface area contributed by atoms with Crippen LogP contribution in [0.1, 0.15) is 23.2 Å². The first kappa shape index (κ1) is 18.4. The number of hydrogen-bond donors (Lipinski definition) is 0. The van der Waals surface area contributed by atoms with Crippen LogP contribution in [0.4, 0.5) is 0 Å². The summed E-state index contributed by atoms with van der Waals surface area (Å²) in [6.07, 6.45) is 2.38. The number of aromatic nitrogens is 2. The Hall–Kier alpha value is -1.41. The molecule has 6 heteroatoms. The van der Waals surface area contributed by atoms with Crippen LogP contribution in [0, 0.1) is 17.4 Å². The summed E-state index contributed by atoms with van der Waals surface area (Å²) in [6, 6.07) is 8.66. The van der Waals surface area contributed by atoms with Crippen LogP contribution < -0.4 is 0 Å². The molecule has 3 rings (SSSR count). The van der Waals surface area contributed by atoms with E-state index in [-0.39, 0.29) is 5.91 Å². The lowest BCUT2D eigenvalue weighted by Crippen LogP contribution is -2.48. The minimum atomic E-state index is 0.236. The van der Waals surface area contributed by atoms with Crippen LogP contribution in [-0.4, -0.2) is 51.7 Å². The van der Waals surface area contributed by atoms with E-state index in [1.165, 1.54) is 11.1 Å². The molecule has 1 aromatic carbocycles. The summed E-state index contributed by atoms with van der Waals surface area (Å²) in [5.74, 6) is 0.236. The molecule has 5 nitrogen and oxygen atoms in total. The van der Waals surface area contributed by atoms with Gasteiger partial charge in [-0.05, 0) is 42.0 Å². The quantitative estimate of drug-likeness (QED) is 0.656. The van der Waals surface area contributed by atoms with E-state index < -0.39 is 0 Å². The highest BCUT2D eigenvalue weighted by Gasteiger charge is 2.21. The topological polar surface area (TPSA) is 41.4 Å². The Bertz CT molecular complexity index is 735. The highest BCUT2D eigenvalue weighted by Crippen LogP contribution is 2.13. The van der Waals surface area contributed by atoms with Gasteiger partial charge in [0.25, 0.3) is 0 Å². The fourth-order valence-corrected chi connectivity index (χ4v) is 3.64. The van der Waals surface area contributed by atoms with Gasteiger partial charge in [0, 0.05) is 51.4 Å². The maximum atomic E-state index is 12.5. The number of hydrogen-bond acceptors (Lipinski definition) is 3. The van der Waals surface area contributed by atoms with Gasteiger partial charge in [0.1, 0.15) is 0 Å². The summed E-state index contributed by atoms with van der Waals surface area (Å²) in [5, 5.41) is 4.33. The highest BCUT2D eigenvalue weighted by atomic mass is 127. The second-order valence-corrected chi connectivity index (χ2v) is 7.86. The first-order chi connectivity index (χ1) is 12.0. The van der Waals surface area contributed by atoms with Gasteiger partial charge in [-0.15, -0.1) is 0 Å². The highest BCUT2D eigenvalue weighted by molar-refractivity contribution is 14.1. The molecular weight excluding hydrogens is 427 g/mol. The Morgan fingerprint density at radius 1 is 1.20 bits per heavy atom. The second-order valence-electron chi connectivity index (χ2n) is 6.70. The van der Waals surface area contributed by atoms with Crippen molar-refractivity contribution in [2.45, 2.75) is 33.4 Å². The van der Waals surface area contributed by atoms with Crippen LogP contribution in [0.25, 0.3) is 0 Å². The molecule has 1 saturated heterocycles. The average Bonchev–Trinajstić information content (AvgIpc) is 2.92. The lowest BCUT2D eigenvalue weighted by Gasteiger charge is -2.35. The van der Waals surface area contributed by atoms with E-state index in [0.717, 1.165) is 42.0 Å². The van der Waals surface area contributed by atoms with Crippen LogP contribution in [0.3, 0.4) is 0 Å². The van der Waals surface area contributed by atoms with Crippen molar-refractivity contribution in [3.05, 3.63) is 50.9 Å². The smallest absolute Gasteiger partial charge is 0.224 e. The molecule has 0 radical (unpaired) electrons. The molecule has 25 heavy (non-hydrogen) atoms. The van der Waals surface area contributed by atoms with E-state index in [1.54, 1.807) is 0 Å². The van der Waals surface area contributed by atoms with Crippen LogP contribution >= 0.6 is 22.6 Å². The molecule has 0 unspecified atom stereocenters. The number of aryl methyl sites for hydroxylation is 2. The molecule has 2 heterocycles. The molecule has 0 saturated carbocycles. The third-order valence-corrected chi connectivity index (χ3v) is 5.85. The van der Waals surface area contributed by atoms with E-state index in [0.29, 0.717) is 13.0 Å². The molecule has 1 aliphatic heterocycles. The molecule has 2 aromatic rings. The van der Waals surface area contributed by atoms with Crippen molar-refractivity contribution in [3.63, 3.8) is 0 Å². The fourth-order valence-electron chi connectivity index (χ4n) is 3.23. The number of nitrogens with zero attached hydrogens (tertiary/aromatic N) is 4. The molecule has 1 amide bonds. The van der Waals surface area contributed by atoms with Crippen LogP contribution in [0.15, 0.2) is 30.5 Å². The Balaban J connectivity index is 1.45. The van der Waals surface area contributed by atoms with E-state index >= 15 is 0 Å². The summed E-state index contributed by atoms with van der Waals surface area (Å²) in [4.78, 5) is 16.9. The lowest BCUT2D eigenvalue weighted by molar-refractivity contribution is -0.133. The normalized spacial score (nSPS) is 15.6. The summed E-state index contributed by atoms with van der Waals surface area (Å²) < 4.78 is 3.07. The van der Waals surface area contributed by atoms with Crippen molar-refractivity contribution >= 4 is 28.5 Å². The second kappa shape index (κ2) is 8.31. The van der Waals surface area contributed by atoms with E-state index in [4.69, 9.17) is 0 Å². The molecule has 0 atom stereocenters. The van der Waals surface area contributed by atoms with Gasteiger partial charge in [-0.1, -0.05) is 29.8 Å². The van der Waals surface area contributed by atoms with E-state index in [9.17, 15) is 4.79 Å². The van der Waals surface area contributed by atoms with Crippen molar-refractivity contribution in [2.75, 3.05) is 26.2 Å². The van der Waals surface area contributed by atoms with Crippen LogP contribution in [0.5, 0.6) is 0 Å². The number of rotatable bonds is 5. The lowest BCUT2D eigenvalue weighted by atomic mass is 10.1. The van der Waals surface area contributed by atoms with Gasteiger partial charge >= 0.3 is 0 Å². The monoisotopic (exact) mass is 452 g/mol. The summed E-state index contributed by atoms with van der Waals surface area (Å²) in [5.41, 5.74) is 3.79. The minimum Gasteiger partial charge on any atom is -0.340 e. The Labute approximate surface area is 163 Å². The van der Waals surface area contributed by atoms with Gasteiger partial charge < -0.3 is 4.90 Å². The Morgan fingerprint density at radius 3 is 2.60 bits per heavy atom. The summed E-state index contributed by atoms with van der Waals surface area (Å²) in [6.45, 7) is 9.33. The van der Waals surface area contributed by atoms with Gasteiger partial charge in [0.2, 0.25) is 5.91 Å². The molecule has 0 N–H and O–H groups in total. The average molecular weight is 452 g/mol. The molecule has 134 valence electrons. The number of piperazine rings is 1. The molecule has 1 aromatic heterocycles. The Morgan fingerprint density at radius 2 is 1.96 bits per heavy atom. The molecule has 1 aliphatic rings. The van der Waals surface area contributed by atoms with E-state index in [2.05, 4.69) is 63.8 Å². The predicted octanol–water partition coefficient (Wildman–Crippen LogP) is 2.84. The minimum absolute atomic E-state index is 0.236. The number of amides is 1. The first-order valence-corrected chi connectivity index (χ1v) is 9.84. The summed E-state index contributed by atoms with van der Waals surface area (Å²) >= 11 is 2.27. The SMILES string of the molecule is Cc1cccc(CN2CCN(C(=O)CCn3ncc(I)c3C)CC2)c1. The first-order valence-electron chi connectivity index (χ1n) is 8.76. The van der Waals surface area contributed by atoms with Crippen LogP contribution in [-0.2, 0) is 17.9 Å². The third-order valence-electron chi connectivity index (χ3n) is 4.79. The molecular formula is C19H25IN4O. The largest absolute Gasteiger partial charge is 0.340 e. The van der Waals surface area contributed by atoms with E-state index in [1.807, 2.05) is 22.7 Å². The fraction of sp³-hybridized carbons (Fsp3) is 0.474. The summed E-state index contributed by atoms with van der Waals surface area (Å²) in [7, 11) is 0. The maximum absolute atomic E-state index is 12.5. The van der Waals surface area contributed by atoms with Gasteiger partial charge in [0.05, 0.1) is 9.77 Å². The number of carbonyl (C=O) groups is 1. The molecule has 0 spiro atoms. The van der Waals surface area contributed by atoms with Crippen molar-refractivity contribution in [3.8, 4) is 0 Å². The molecule has 1 fully saturated rings. The molecule has 0 bridgehead atoms. The van der Waals surface area contributed by atoms with Crippen LogP contribution in [0.2, 0.25) is 0 Å². The van der Waals surface area contributed by atoms with Crippen molar-refractivity contribution in [2.24, 2.45) is 0 Å². The van der Waals surface area contributed by atoms with Gasteiger partial charge in [-0.3, -0.25) is 14.4 Å². The zero-order valence-electron chi connectivity index (χ0n) is 14.9. The van der Waals surface area contributed by atoms with Gasteiger partial charge in [-0.2, -0.15) is 5.10 Å². The predicted molar refractivity (Wildman–Crippen MR) is 107 cm³/mol. The Kier molecular flexibility index (Phi) is 6.11. The van der Waals surface area contributed by atoms with Gasteiger partial charge in [0.15, 0.2) is 0 Å². The molecule has 0 aliphatic carbocycles. The number of benzene rings is 1. The maximum Gasteiger partial charge on any atom is 0.224 e. The van der Waals surface area contributed by atoms with Crippen molar-refractivity contribution in [1.82, 2.24) is 19.6 Å². The van der Waals surface area contributed by atoms with Crippen molar-refractivity contribution < 1.29 is 4.79 Å². The third kappa shape index (κ3) is 4.82. The zero-order chi connectivity index (χ0) is 17.8.